The molecule has 1 saturated heterocycles. The van der Waals surface area contributed by atoms with Crippen LogP contribution in [0.4, 0.5) is 0 Å². The van der Waals surface area contributed by atoms with Crippen LogP contribution in [-0.4, -0.2) is 12.8 Å². The molecule has 0 saturated carbocycles. The van der Waals surface area contributed by atoms with Gasteiger partial charge in [-0.2, -0.15) is 0 Å². The molecule has 12 heavy (non-hydrogen) atoms. The molecule has 2 nitrogen and oxygen atoms in total. The zero-order chi connectivity index (χ0) is 8.23. The minimum absolute atomic E-state index is 0.296. The van der Waals surface area contributed by atoms with Gasteiger partial charge in [0.25, 0.3) is 0 Å². The molecular formula is C10H13NO. The van der Waals surface area contributed by atoms with Gasteiger partial charge < -0.3 is 4.74 Å². The Morgan fingerprint density at radius 3 is 2.67 bits per heavy atom. The van der Waals surface area contributed by atoms with Crippen LogP contribution in [0.3, 0.4) is 0 Å². The van der Waals surface area contributed by atoms with Crippen molar-refractivity contribution in [2.24, 2.45) is 0 Å². The highest BCUT2D eigenvalue weighted by Crippen LogP contribution is 2.08. The minimum Gasteiger partial charge on any atom is -0.363 e. The van der Waals surface area contributed by atoms with Crippen LogP contribution < -0.4 is 5.32 Å². The summed E-state index contributed by atoms with van der Waals surface area (Å²) < 4.78 is 5.24. The highest BCUT2D eigenvalue weighted by molar-refractivity contribution is 5.14. The molecule has 0 bridgehead atoms. The maximum absolute atomic E-state index is 5.24. The molecule has 1 aromatic rings. The van der Waals surface area contributed by atoms with E-state index >= 15 is 0 Å². The highest BCUT2D eigenvalue weighted by Gasteiger charge is 2.16. The number of hydrogen-bond donors (Lipinski definition) is 1. The fourth-order valence-corrected chi connectivity index (χ4v) is 1.22. The number of ether oxygens (including phenoxy) is 1. The van der Waals surface area contributed by atoms with E-state index in [1.807, 2.05) is 6.07 Å². The first-order chi connectivity index (χ1) is 5.95. The zero-order valence-corrected chi connectivity index (χ0v) is 6.99. The van der Waals surface area contributed by atoms with E-state index in [1.54, 1.807) is 0 Å². The van der Waals surface area contributed by atoms with Gasteiger partial charge in [-0.1, -0.05) is 30.3 Å². The Bertz CT molecular complexity index is 231. The quantitative estimate of drug-likeness (QED) is 0.729. The summed E-state index contributed by atoms with van der Waals surface area (Å²) in [7, 11) is 0. The van der Waals surface area contributed by atoms with Crippen molar-refractivity contribution in [3.05, 3.63) is 35.9 Å². The predicted molar refractivity (Wildman–Crippen MR) is 47.6 cm³/mol. The highest BCUT2D eigenvalue weighted by atomic mass is 16.5. The van der Waals surface area contributed by atoms with Crippen LogP contribution in [0.5, 0.6) is 0 Å². The van der Waals surface area contributed by atoms with E-state index in [2.05, 4.69) is 29.6 Å². The summed E-state index contributed by atoms with van der Waals surface area (Å²) >= 11 is 0. The number of benzene rings is 1. The van der Waals surface area contributed by atoms with Crippen molar-refractivity contribution >= 4 is 0 Å². The molecular weight excluding hydrogens is 150 g/mol. The summed E-state index contributed by atoms with van der Waals surface area (Å²) in [5.74, 6) is 0. The van der Waals surface area contributed by atoms with Crippen molar-refractivity contribution in [2.75, 3.05) is 6.61 Å². The Labute approximate surface area is 72.5 Å². The van der Waals surface area contributed by atoms with E-state index < -0.39 is 0 Å². The van der Waals surface area contributed by atoms with Crippen molar-refractivity contribution < 1.29 is 4.74 Å². The van der Waals surface area contributed by atoms with Gasteiger partial charge >= 0.3 is 0 Å². The molecule has 1 fully saturated rings. The fraction of sp³-hybridized carbons (Fsp3) is 0.400. The Hall–Kier alpha value is -0.860. The van der Waals surface area contributed by atoms with Crippen molar-refractivity contribution in [1.82, 2.24) is 5.32 Å². The molecule has 0 aromatic heterocycles. The van der Waals surface area contributed by atoms with Crippen LogP contribution in [0.25, 0.3) is 0 Å². The summed E-state index contributed by atoms with van der Waals surface area (Å²) in [5.41, 5.74) is 1.31. The van der Waals surface area contributed by atoms with Gasteiger partial charge in [-0.15, -0.1) is 0 Å². The molecule has 2 rings (SSSR count). The van der Waals surface area contributed by atoms with Crippen molar-refractivity contribution in [3.63, 3.8) is 0 Å². The van der Waals surface area contributed by atoms with Gasteiger partial charge in [0.2, 0.25) is 0 Å². The van der Waals surface area contributed by atoms with Crippen molar-refractivity contribution in [3.8, 4) is 0 Å². The maximum atomic E-state index is 5.24. The largest absolute Gasteiger partial charge is 0.363 e. The third-order valence-corrected chi connectivity index (χ3v) is 2.08. The smallest absolute Gasteiger partial charge is 0.110 e. The average Bonchev–Trinajstić information content (AvgIpc) is 2.04. The second-order valence-corrected chi connectivity index (χ2v) is 3.01. The van der Waals surface area contributed by atoms with E-state index in [9.17, 15) is 0 Å². The summed E-state index contributed by atoms with van der Waals surface area (Å²) in [6, 6.07) is 10.4. The zero-order valence-electron chi connectivity index (χ0n) is 6.99. The Morgan fingerprint density at radius 2 is 2.08 bits per heavy atom. The lowest BCUT2D eigenvalue weighted by Gasteiger charge is -2.27. The third kappa shape index (κ3) is 1.84. The summed E-state index contributed by atoms with van der Waals surface area (Å²) in [5, 5.41) is 3.31. The Kier molecular flexibility index (Phi) is 2.39. The van der Waals surface area contributed by atoms with E-state index in [-0.39, 0.29) is 0 Å². The van der Waals surface area contributed by atoms with Crippen LogP contribution in [0, 0.1) is 0 Å². The first-order valence-electron chi connectivity index (χ1n) is 4.34. The molecule has 0 amide bonds. The van der Waals surface area contributed by atoms with Gasteiger partial charge in [-0.05, 0) is 5.56 Å². The summed E-state index contributed by atoms with van der Waals surface area (Å²) in [6.45, 7) is 1.82. The Balaban J connectivity index is 1.79. The first kappa shape index (κ1) is 7.77. The lowest BCUT2D eigenvalue weighted by molar-refractivity contribution is -0.0716. The van der Waals surface area contributed by atoms with E-state index in [0.29, 0.717) is 6.23 Å². The van der Waals surface area contributed by atoms with E-state index in [4.69, 9.17) is 4.74 Å². The van der Waals surface area contributed by atoms with Crippen molar-refractivity contribution in [1.29, 1.82) is 0 Å². The lowest BCUT2D eigenvalue weighted by Crippen LogP contribution is -2.40. The molecule has 1 aromatic carbocycles. The second kappa shape index (κ2) is 3.70. The van der Waals surface area contributed by atoms with Crippen LogP contribution in [0.2, 0.25) is 0 Å². The summed E-state index contributed by atoms with van der Waals surface area (Å²) in [4.78, 5) is 0. The second-order valence-electron chi connectivity index (χ2n) is 3.01. The Morgan fingerprint density at radius 1 is 1.33 bits per heavy atom. The van der Waals surface area contributed by atoms with E-state index in [0.717, 1.165) is 19.6 Å². The molecule has 0 spiro atoms. The van der Waals surface area contributed by atoms with Gasteiger partial charge in [-0.3, -0.25) is 5.32 Å². The van der Waals surface area contributed by atoms with Gasteiger partial charge in [0.15, 0.2) is 0 Å². The summed E-state index contributed by atoms with van der Waals surface area (Å²) in [6.07, 6.45) is 1.44. The van der Waals surface area contributed by atoms with E-state index in [1.165, 1.54) is 5.56 Å². The molecule has 2 heteroatoms. The number of rotatable bonds is 3. The molecule has 1 N–H and O–H groups in total. The lowest BCUT2D eigenvalue weighted by atomic mass is 10.2. The van der Waals surface area contributed by atoms with Crippen LogP contribution >= 0.6 is 0 Å². The number of nitrogens with one attached hydrogen (secondary N) is 1. The normalized spacial score (nSPS) is 21.8. The van der Waals surface area contributed by atoms with Gasteiger partial charge in [0.05, 0.1) is 6.61 Å². The molecule has 1 aliphatic rings. The van der Waals surface area contributed by atoms with Crippen LogP contribution in [-0.2, 0) is 11.3 Å². The SMILES string of the molecule is c1ccc(CNC2CCO2)cc1. The van der Waals surface area contributed by atoms with Gasteiger partial charge in [0.1, 0.15) is 6.23 Å². The topological polar surface area (TPSA) is 21.3 Å². The first-order valence-corrected chi connectivity index (χ1v) is 4.34. The molecule has 1 heterocycles. The molecule has 1 aliphatic heterocycles. The fourth-order valence-electron chi connectivity index (χ4n) is 1.22. The van der Waals surface area contributed by atoms with Gasteiger partial charge in [0, 0.05) is 13.0 Å². The average molecular weight is 163 g/mol. The number of hydrogen-bond acceptors (Lipinski definition) is 2. The molecule has 1 atom stereocenters. The van der Waals surface area contributed by atoms with Crippen LogP contribution in [0.15, 0.2) is 30.3 Å². The van der Waals surface area contributed by atoms with Crippen LogP contribution in [0.1, 0.15) is 12.0 Å². The minimum atomic E-state index is 0.296. The van der Waals surface area contributed by atoms with Crippen molar-refractivity contribution in [2.45, 2.75) is 19.2 Å². The molecule has 0 radical (unpaired) electrons. The molecule has 64 valence electrons. The molecule has 1 unspecified atom stereocenters. The molecule has 0 aliphatic carbocycles. The maximum Gasteiger partial charge on any atom is 0.110 e. The monoisotopic (exact) mass is 163 g/mol. The predicted octanol–water partition coefficient (Wildman–Crippen LogP) is 1.52. The van der Waals surface area contributed by atoms with Gasteiger partial charge in [-0.25, -0.2) is 0 Å². The standard InChI is InChI=1S/C10H13NO/c1-2-4-9(5-3-1)8-11-10-6-7-12-10/h1-5,10-11H,6-8H2. The third-order valence-electron chi connectivity index (χ3n) is 2.08.